The summed E-state index contributed by atoms with van der Waals surface area (Å²) in [4.78, 5) is 2.46. The molecule has 2 aromatic rings. The molecule has 0 spiro atoms. The Morgan fingerprint density at radius 2 is 1.78 bits per heavy atom. The number of nitrogens with zero attached hydrogens (tertiary/aromatic N) is 1. The van der Waals surface area contributed by atoms with Crippen LogP contribution in [0.4, 0.5) is 4.39 Å². The van der Waals surface area contributed by atoms with Crippen molar-refractivity contribution in [1.29, 1.82) is 0 Å². The third-order valence-corrected chi connectivity index (χ3v) is 6.05. The van der Waals surface area contributed by atoms with E-state index in [1.807, 2.05) is 24.3 Å². The first-order chi connectivity index (χ1) is 13.1. The summed E-state index contributed by atoms with van der Waals surface area (Å²) in [7, 11) is 1.68. The molecule has 1 N–H and O–H groups in total. The highest BCUT2D eigenvalue weighted by atomic mass is 19.1. The number of piperidine rings is 1. The molecule has 2 bridgehead atoms. The van der Waals surface area contributed by atoms with E-state index in [9.17, 15) is 9.50 Å². The number of methoxy groups -OCH3 is 1. The quantitative estimate of drug-likeness (QED) is 0.852. The van der Waals surface area contributed by atoms with Crippen molar-refractivity contribution in [3.05, 3.63) is 71.6 Å². The molecular formula is C23H26FNO2. The SMILES string of the molecule is COc1ccccc1/C=C/CN1C2CCC1CC(O)(c1ccccc1F)C2. The third kappa shape index (κ3) is 3.52. The zero-order valence-corrected chi connectivity index (χ0v) is 15.6. The molecular weight excluding hydrogens is 341 g/mol. The van der Waals surface area contributed by atoms with Crippen molar-refractivity contribution in [2.24, 2.45) is 0 Å². The molecule has 4 rings (SSSR count). The molecule has 27 heavy (non-hydrogen) atoms. The van der Waals surface area contributed by atoms with E-state index in [1.165, 1.54) is 6.07 Å². The summed E-state index contributed by atoms with van der Waals surface area (Å²) in [5.41, 5.74) is 0.457. The van der Waals surface area contributed by atoms with Crippen LogP contribution in [0.25, 0.3) is 6.08 Å². The Labute approximate surface area is 160 Å². The first kappa shape index (κ1) is 18.2. The number of rotatable bonds is 5. The van der Waals surface area contributed by atoms with E-state index in [0.717, 1.165) is 30.7 Å². The number of hydrogen-bond acceptors (Lipinski definition) is 3. The average molecular weight is 367 g/mol. The highest BCUT2D eigenvalue weighted by molar-refractivity contribution is 5.57. The monoisotopic (exact) mass is 367 g/mol. The van der Waals surface area contributed by atoms with Gasteiger partial charge in [0, 0.05) is 29.8 Å². The van der Waals surface area contributed by atoms with Crippen LogP contribution in [0.2, 0.25) is 0 Å². The lowest BCUT2D eigenvalue weighted by atomic mass is 9.80. The summed E-state index contributed by atoms with van der Waals surface area (Å²) in [5, 5.41) is 11.2. The number of aliphatic hydroxyl groups is 1. The van der Waals surface area contributed by atoms with Crippen LogP contribution < -0.4 is 4.74 Å². The minimum Gasteiger partial charge on any atom is -0.496 e. The van der Waals surface area contributed by atoms with Gasteiger partial charge in [0.2, 0.25) is 0 Å². The highest BCUT2D eigenvalue weighted by Crippen LogP contribution is 2.46. The normalized spacial score (nSPS) is 28.0. The first-order valence-electron chi connectivity index (χ1n) is 9.63. The van der Waals surface area contributed by atoms with E-state index in [0.29, 0.717) is 18.4 Å². The van der Waals surface area contributed by atoms with Crippen molar-refractivity contribution in [3.63, 3.8) is 0 Å². The minimum atomic E-state index is -1.06. The number of para-hydroxylation sites is 1. The molecule has 2 heterocycles. The van der Waals surface area contributed by atoms with E-state index in [1.54, 1.807) is 25.3 Å². The maximum Gasteiger partial charge on any atom is 0.129 e. The maximum atomic E-state index is 14.3. The number of benzene rings is 2. The predicted octanol–water partition coefficient (Wildman–Crippen LogP) is 4.36. The summed E-state index contributed by atoms with van der Waals surface area (Å²) in [5.74, 6) is 0.563. The van der Waals surface area contributed by atoms with Gasteiger partial charge in [0.25, 0.3) is 0 Å². The lowest BCUT2D eigenvalue weighted by molar-refractivity contribution is -0.0557. The summed E-state index contributed by atoms with van der Waals surface area (Å²) in [6, 6.07) is 15.2. The van der Waals surface area contributed by atoms with Crippen LogP contribution >= 0.6 is 0 Å². The molecule has 0 aromatic heterocycles. The van der Waals surface area contributed by atoms with Gasteiger partial charge in [-0.1, -0.05) is 48.6 Å². The fraction of sp³-hybridized carbons (Fsp3) is 0.391. The van der Waals surface area contributed by atoms with Crippen LogP contribution in [-0.4, -0.2) is 35.7 Å². The molecule has 0 saturated carbocycles. The lowest BCUT2D eigenvalue weighted by Gasteiger charge is -2.43. The second-order valence-electron chi connectivity index (χ2n) is 7.65. The fourth-order valence-corrected chi connectivity index (χ4v) is 4.78. The van der Waals surface area contributed by atoms with E-state index in [4.69, 9.17) is 4.74 Å². The van der Waals surface area contributed by atoms with Gasteiger partial charge in [-0.15, -0.1) is 0 Å². The molecule has 2 aliphatic heterocycles. The molecule has 2 fully saturated rings. The topological polar surface area (TPSA) is 32.7 Å². The summed E-state index contributed by atoms with van der Waals surface area (Å²) < 4.78 is 19.7. The predicted molar refractivity (Wildman–Crippen MR) is 105 cm³/mol. The van der Waals surface area contributed by atoms with E-state index >= 15 is 0 Å². The fourth-order valence-electron chi connectivity index (χ4n) is 4.78. The largest absolute Gasteiger partial charge is 0.496 e. The lowest BCUT2D eigenvalue weighted by Crippen LogP contribution is -2.49. The van der Waals surface area contributed by atoms with Gasteiger partial charge in [-0.2, -0.15) is 0 Å². The number of fused-ring (bicyclic) bond motifs is 2. The summed E-state index contributed by atoms with van der Waals surface area (Å²) >= 11 is 0. The average Bonchev–Trinajstić information content (AvgIpc) is 2.93. The summed E-state index contributed by atoms with van der Waals surface area (Å²) in [6.07, 6.45) is 7.56. The molecule has 4 heteroatoms. The summed E-state index contributed by atoms with van der Waals surface area (Å²) in [6.45, 7) is 0.834. The maximum absolute atomic E-state index is 14.3. The van der Waals surface area contributed by atoms with Gasteiger partial charge in [0.15, 0.2) is 0 Å². The molecule has 0 radical (unpaired) electrons. The Bertz CT molecular complexity index is 821. The van der Waals surface area contributed by atoms with Crippen LogP contribution in [0, 0.1) is 5.82 Å². The Hall–Kier alpha value is -2.17. The van der Waals surface area contributed by atoms with Crippen LogP contribution in [0.3, 0.4) is 0 Å². The molecule has 2 aromatic carbocycles. The molecule has 2 atom stereocenters. The molecule has 0 amide bonds. The Kier molecular flexibility index (Phi) is 5.02. The van der Waals surface area contributed by atoms with E-state index in [-0.39, 0.29) is 17.9 Å². The Morgan fingerprint density at radius 1 is 1.11 bits per heavy atom. The van der Waals surface area contributed by atoms with Crippen LogP contribution in [0.5, 0.6) is 5.75 Å². The van der Waals surface area contributed by atoms with Crippen molar-refractivity contribution in [2.45, 2.75) is 43.4 Å². The molecule has 0 aliphatic carbocycles. The van der Waals surface area contributed by atoms with Crippen molar-refractivity contribution < 1.29 is 14.2 Å². The minimum absolute atomic E-state index is 0.288. The number of hydrogen-bond donors (Lipinski definition) is 1. The molecule has 2 saturated heterocycles. The zero-order valence-electron chi connectivity index (χ0n) is 15.6. The third-order valence-electron chi connectivity index (χ3n) is 6.05. The van der Waals surface area contributed by atoms with Gasteiger partial charge >= 0.3 is 0 Å². The van der Waals surface area contributed by atoms with E-state index < -0.39 is 5.60 Å². The van der Waals surface area contributed by atoms with Gasteiger partial charge in [-0.05, 0) is 37.8 Å². The van der Waals surface area contributed by atoms with Crippen molar-refractivity contribution in [3.8, 4) is 5.75 Å². The van der Waals surface area contributed by atoms with Gasteiger partial charge in [0.1, 0.15) is 11.6 Å². The zero-order chi connectivity index (χ0) is 18.9. The Morgan fingerprint density at radius 3 is 2.48 bits per heavy atom. The van der Waals surface area contributed by atoms with Crippen LogP contribution in [-0.2, 0) is 5.60 Å². The molecule has 142 valence electrons. The molecule has 3 nitrogen and oxygen atoms in total. The second-order valence-corrected chi connectivity index (χ2v) is 7.65. The smallest absolute Gasteiger partial charge is 0.129 e. The van der Waals surface area contributed by atoms with Gasteiger partial charge in [-0.25, -0.2) is 4.39 Å². The van der Waals surface area contributed by atoms with Crippen LogP contribution in [0.1, 0.15) is 36.8 Å². The number of halogens is 1. The van der Waals surface area contributed by atoms with Gasteiger partial charge < -0.3 is 9.84 Å². The van der Waals surface area contributed by atoms with Crippen molar-refractivity contribution >= 4 is 6.08 Å². The highest BCUT2D eigenvalue weighted by Gasteiger charge is 2.48. The molecule has 2 aliphatic rings. The van der Waals surface area contributed by atoms with Crippen LogP contribution in [0.15, 0.2) is 54.6 Å². The van der Waals surface area contributed by atoms with E-state index in [2.05, 4.69) is 17.1 Å². The second kappa shape index (κ2) is 7.45. The van der Waals surface area contributed by atoms with Crippen molar-refractivity contribution in [2.75, 3.05) is 13.7 Å². The first-order valence-corrected chi connectivity index (χ1v) is 9.63. The Balaban J connectivity index is 1.47. The van der Waals surface area contributed by atoms with Gasteiger partial charge in [-0.3, -0.25) is 4.90 Å². The van der Waals surface area contributed by atoms with Crippen molar-refractivity contribution in [1.82, 2.24) is 4.90 Å². The standard InChI is InChI=1S/C23H26FNO2/c1-27-22-11-5-2-7-17(22)8-6-14-25-18-12-13-19(25)16-23(26,15-18)20-9-3-4-10-21(20)24/h2-11,18-19,26H,12-16H2,1H3/b8-6+. The molecule has 2 unspecified atom stereocenters. The number of ether oxygens (including phenoxy) is 1. The van der Waals surface area contributed by atoms with Gasteiger partial charge in [0.05, 0.1) is 12.7 Å².